The molecular weight excluding hydrogens is 292 g/mol. The molecule has 24 heavy (non-hydrogen) atoms. The molecule has 0 radical (unpaired) electrons. The Morgan fingerprint density at radius 2 is 1.71 bits per heavy atom. The lowest BCUT2D eigenvalue weighted by Crippen LogP contribution is -2.25. The maximum atomic E-state index is 4.83. The molecule has 1 aliphatic carbocycles. The molecule has 0 spiro atoms. The second-order valence-corrected chi connectivity index (χ2v) is 7.26. The summed E-state index contributed by atoms with van der Waals surface area (Å²) in [5.41, 5.74) is 7.06. The highest BCUT2D eigenvalue weighted by atomic mass is 14.8. The largest absolute Gasteiger partial charge is 0.254 e. The monoisotopic (exact) mass is 310 g/mol. The van der Waals surface area contributed by atoms with E-state index in [9.17, 15) is 0 Å². The lowest BCUT2D eigenvalue weighted by Gasteiger charge is -2.35. The first-order valence-electron chi connectivity index (χ1n) is 8.36. The Kier molecular flexibility index (Phi) is 2.52. The first-order chi connectivity index (χ1) is 11.6. The van der Waals surface area contributed by atoms with Gasteiger partial charge in [0.05, 0.1) is 17.4 Å². The number of hydrogen-bond acceptors (Lipinski definition) is 2. The van der Waals surface area contributed by atoms with Crippen molar-refractivity contribution in [2.24, 2.45) is 0 Å². The predicted octanol–water partition coefficient (Wildman–Crippen LogP) is 5.40. The fraction of sp³-hybridized carbons (Fsp3) is 0.182. The molecule has 0 saturated carbocycles. The van der Waals surface area contributed by atoms with Crippen LogP contribution in [0.15, 0.2) is 54.9 Å². The molecular formula is C22H18N2. The second-order valence-electron chi connectivity index (χ2n) is 7.26. The maximum Gasteiger partial charge on any atom is 0.0888 e. The highest BCUT2D eigenvalue weighted by Gasteiger charge is 2.35. The van der Waals surface area contributed by atoms with Crippen molar-refractivity contribution in [2.75, 3.05) is 0 Å². The van der Waals surface area contributed by atoms with Gasteiger partial charge in [-0.3, -0.25) is 9.97 Å². The van der Waals surface area contributed by atoms with Crippen LogP contribution in [0.3, 0.4) is 0 Å². The number of rotatable bonds is 0. The molecule has 4 aromatic rings. The molecule has 0 bridgehead atoms. The third kappa shape index (κ3) is 1.60. The summed E-state index contributed by atoms with van der Waals surface area (Å²) in [7, 11) is 0. The molecule has 0 amide bonds. The first-order valence-corrected chi connectivity index (χ1v) is 8.36. The Balaban J connectivity index is 2.05. The fourth-order valence-corrected chi connectivity index (χ4v) is 4.23. The normalized spacial score (nSPS) is 14.8. The van der Waals surface area contributed by atoms with E-state index in [1.165, 1.54) is 38.4 Å². The van der Waals surface area contributed by atoms with Crippen molar-refractivity contribution in [3.05, 3.63) is 71.5 Å². The minimum Gasteiger partial charge on any atom is -0.254 e. The first kappa shape index (κ1) is 13.7. The fourth-order valence-electron chi connectivity index (χ4n) is 4.23. The molecule has 2 heterocycles. The van der Waals surface area contributed by atoms with Gasteiger partial charge in [-0.05, 0) is 40.5 Å². The number of aryl methyl sites for hydroxylation is 1. The van der Waals surface area contributed by atoms with Crippen molar-refractivity contribution < 1.29 is 0 Å². The van der Waals surface area contributed by atoms with E-state index in [-0.39, 0.29) is 5.41 Å². The van der Waals surface area contributed by atoms with E-state index in [4.69, 9.17) is 4.98 Å². The second kappa shape index (κ2) is 4.41. The summed E-state index contributed by atoms with van der Waals surface area (Å²) < 4.78 is 0. The highest BCUT2D eigenvalue weighted by Crippen LogP contribution is 2.49. The summed E-state index contributed by atoms with van der Waals surface area (Å²) in [4.78, 5) is 9.43. The summed E-state index contributed by atoms with van der Waals surface area (Å²) in [6, 6.07) is 15.4. The molecule has 0 aliphatic heterocycles. The Hall–Kier alpha value is -2.74. The number of aromatic nitrogens is 2. The van der Waals surface area contributed by atoms with Crippen LogP contribution >= 0.6 is 0 Å². The Bertz CT molecular complexity index is 1130. The lowest BCUT2D eigenvalue weighted by atomic mass is 9.69. The van der Waals surface area contributed by atoms with Crippen LogP contribution in [0.4, 0.5) is 0 Å². The molecule has 5 rings (SSSR count). The van der Waals surface area contributed by atoms with Gasteiger partial charge in [0.25, 0.3) is 0 Å². The van der Waals surface area contributed by atoms with E-state index in [0.717, 1.165) is 11.2 Å². The molecule has 0 fully saturated rings. The number of fused-ring (bicyclic) bond motifs is 4. The summed E-state index contributed by atoms with van der Waals surface area (Å²) in [5.74, 6) is 0. The third-order valence-corrected chi connectivity index (χ3v) is 5.34. The third-order valence-electron chi connectivity index (χ3n) is 5.34. The van der Waals surface area contributed by atoms with Crippen molar-refractivity contribution in [1.82, 2.24) is 9.97 Å². The van der Waals surface area contributed by atoms with Crippen molar-refractivity contribution in [1.29, 1.82) is 0 Å². The van der Waals surface area contributed by atoms with Crippen LogP contribution < -0.4 is 0 Å². The number of pyridine rings is 2. The topological polar surface area (TPSA) is 25.8 Å². The minimum atomic E-state index is -0.106. The van der Waals surface area contributed by atoms with E-state index in [1.807, 2.05) is 12.4 Å². The number of nitrogens with zero attached hydrogens (tertiary/aromatic N) is 2. The number of hydrogen-bond donors (Lipinski definition) is 0. The van der Waals surface area contributed by atoms with Crippen LogP contribution in [0, 0.1) is 6.92 Å². The molecule has 0 saturated heterocycles. The van der Waals surface area contributed by atoms with Gasteiger partial charge in [-0.2, -0.15) is 0 Å². The number of benzene rings is 2. The lowest BCUT2D eigenvalue weighted by molar-refractivity contribution is 0.648. The van der Waals surface area contributed by atoms with Crippen LogP contribution in [0.1, 0.15) is 30.5 Å². The van der Waals surface area contributed by atoms with Gasteiger partial charge in [0.1, 0.15) is 0 Å². The van der Waals surface area contributed by atoms with Gasteiger partial charge in [-0.15, -0.1) is 0 Å². The zero-order chi connectivity index (χ0) is 16.5. The van der Waals surface area contributed by atoms with E-state index < -0.39 is 0 Å². The van der Waals surface area contributed by atoms with Crippen LogP contribution in [-0.2, 0) is 5.41 Å². The Morgan fingerprint density at radius 1 is 0.917 bits per heavy atom. The maximum absolute atomic E-state index is 4.83. The quantitative estimate of drug-likeness (QED) is 0.435. The van der Waals surface area contributed by atoms with Gasteiger partial charge in [-0.1, -0.05) is 50.2 Å². The zero-order valence-corrected chi connectivity index (χ0v) is 14.1. The van der Waals surface area contributed by atoms with Gasteiger partial charge >= 0.3 is 0 Å². The average molecular weight is 310 g/mol. The molecule has 116 valence electrons. The van der Waals surface area contributed by atoms with E-state index in [1.54, 1.807) is 0 Å². The summed E-state index contributed by atoms with van der Waals surface area (Å²) >= 11 is 0. The Labute approximate surface area is 141 Å². The predicted molar refractivity (Wildman–Crippen MR) is 99.3 cm³/mol. The molecule has 1 aliphatic rings. The zero-order valence-electron chi connectivity index (χ0n) is 14.1. The van der Waals surface area contributed by atoms with Gasteiger partial charge in [0.15, 0.2) is 0 Å². The van der Waals surface area contributed by atoms with Crippen molar-refractivity contribution in [3.8, 4) is 11.3 Å². The van der Waals surface area contributed by atoms with E-state index in [2.05, 4.69) is 68.2 Å². The molecule has 2 nitrogen and oxygen atoms in total. The molecule has 0 atom stereocenters. The van der Waals surface area contributed by atoms with Crippen LogP contribution in [-0.4, -0.2) is 9.97 Å². The molecule has 2 aromatic heterocycles. The van der Waals surface area contributed by atoms with Crippen molar-refractivity contribution >= 4 is 21.7 Å². The minimum absolute atomic E-state index is 0.106. The molecule has 0 N–H and O–H groups in total. The van der Waals surface area contributed by atoms with E-state index >= 15 is 0 Å². The van der Waals surface area contributed by atoms with Gasteiger partial charge in [0, 0.05) is 22.6 Å². The van der Waals surface area contributed by atoms with Crippen LogP contribution in [0.25, 0.3) is 32.9 Å². The Morgan fingerprint density at radius 3 is 2.54 bits per heavy atom. The van der Waals surface area contributed by atoms with Gasteiger partial charge in [-0.25, -0.2) is 0 Å². The van der Waals surface area contributed by atoms with Crippen LogP contribution in [0.5, 0.6) is 0 Å². The van der Waals surface area contributed by atoms with Crippen LogP contribution in [0.2, 0.25) is 0 Å². The average Bonchev–Trinajstić information content (AvgIpc) is 2.58. The van der Waals surface area contributed by atoms with E-state index in [0.29, 0.717) is 0 Å². The van der Waals surface area contributed by atoms with Gasteiger partial charge < -0.3 is 0 Å². The highest BCUT2D eigenvalue weighted by molar-refractivity contribution is 6.05. The summed E-state index contributed by atoms with van der Waals surface area (Å²) in [6.07, 6.45) is 3.83. The summed E-state index contributed by atoms with van der Waals surface area (Å²) in [5, 5.41) is 3.84. The summed E-state index contributed by atoms with van der Waals surface area (Å²) in [6.45, 7) is 6.71. The SMILES string of the molecule is Cc1cnc2cnc3c(c2c1)C(C)(C)c1cccc2cccc-3c12. The molecule has 2 aromatic carbocycles. The smallest absolute Gasteiger partial charge is 0.0888 e. The molecule has 0 unspecified atom stereocenters. The molecule has 2 heteroatoms. The van der Waals surface area contributed by atoms with Gasteiger partial charge in [0.2, 0.25) is 0 Å². The van der Waals surface area contributed by atoms with Crippen molar-refractivity contribution in [3.63, 3.8) is 0 Å². The standard InChI is InChI=1S/C22H18N2/c1-13-10-16-18(23-11-13)12-24-21-15-8-4-6-14-7-5-9-17(19(14)15)22(2,3)20(16)21/h4-12H,1-3H3. The van der Waals surface area contributed by atoms with Crippen molar-refractivity contribution in [2.45, 2.75) is 26.2 Å².